The normalized spacial score (nSPS) is 25.8. The molecule has 190 valence electrons. The summed E-state index contributed by atoms with van der Waals surface area (Å²) in [5, 5.41) is 3.83. The van der Waals surface area contributed by atoms with Crippen LogP contribution in [-0.2, 0) is 20.6 Å². The first-order chi connectivity index (χ1) is 17.1. The largest absolute Gasteiger partial charge is 0.374 e. The number of methoxy groups -OCH3 is 3. The van der Waals surface area contributed by atoms with E-state index in [2.05, 4.69) is 34.5 Å². The van der Waals surface area contributed by atoms with Crippen LogP contribution >= 0.6 is 0 Å². The molecule has 0 spiro atoms. The van der Waals surface area contributed by atoms with E-state index in [1.807, 2.05) is 13.2 Å². The topological polar surface area (TPSA) is 43.0 Å². The zero-order valence-corrected chi connectivity index (χ0v) is 21.2. The molecule has 2 aliphatic carbocycles. The highest BCUT2D eigenvalue weighted by Gasteiger charge is 2.53. The van der Waals surface area contributed by atoms with Crippen LogP contribution < -0.4 is 5.32 Å². The lowest BCUT2D eigenvalue weighted by atomic mass is 9.83. The minimum Gasteiger partial charge on any atom is -0.374 e. The zero-order valence-electron chi connectivity index (χ0n) is 21.2. The van der Waals surface area contributed by atoms with Gasteiger partial charge in [-0.15, -0.1) is 0 Å². The predicted octanol–water partition coefficient (Wildman–Crippen LogP) is 4.99. The second-order valence-corrected chi connectivity index (χ2v) is 10.5. The first-order valence-electron chi connectivity index (χ1n) is 13.0. The van der Waals surface area contributed by atoms with Gasteiger partial charge < -0.3 is 14.2 Å². The van der Waals surface area contributed by atoms with Crippen LogP contribution in [0.2, 0.25) is 0 Å². The van der Waals surface area contributed by atoms with Gasteiger partial charge in [0.1, 0.15) is 23.9 Å². The number of hydrogen-bond acceptors (Lipinski definition) is 5. The van der Waals surface area contributed by atoms with Crippen molar-refractivity contribution >= 4 is 0 Å². The first kappa shape index (κ1) is 24.8. The van der Waals surface area contributed by atoms with Crippen molar-refractivity contribution in [2.45, 2.75) is 75.1 Å². The van der Waals surface area contributed by atoms with Crippen LogP contribution in [0.1, 0.15) is 44.1 Å². The van der Waals surface area contributed by atoms with E-state index in [1.54, 1.807) is 26.4 Å². The number of halogens is 1. The second-order valence-electron chi connectivity index (χ2n) is 10.5. The van der Waals surface area contributed by atoms with Crippen LogP contribution in [0.25, 0.3) is 11.1 Å². The monoisotopic (exact) mass is 482 g/mol. The quantitative estimate of drug-likeness (QED) is 0.457. The summed E-state index contributed by atoms with van der Waals surface area (Å²) < 4.78 is 31.7. The van der Waals surface area contributed by atoms with Gasteiger partial charge >= 0.3 is 0 Å². The van der Waals surface area contributed by atoms with Gasteiger partial charge in [-0.05, 0) is 73.3 Å². The zero-order chi connectivity index (χ0) is 24.4. The lowest BCUT2D eigenvalue weighted by molar-refractivity contribution is -0.104. The van der Waals surface area contributed by atoms with Crippen molar-refractivity contribution in [3.05, 3.63) is 59.9 Å². The van der Waals surface area contributed by atoms with Gasteiger partial charge in [0.05, 0.1) is 0 Å². The Labute approximate surface area is 208 Å². The van der Waals surface area contributed by atoms with Gasteiger partial charge in [-0.25, -0.2) is 4.39 Å². The molecule has 1 N–H and O–H groups in total. The van der Waals surface area contributed by atoms with Gasteiger partial charge in [-0.2, -0.15) is 0 Å². The molecule has 5 nitrogen and oxygen atoms in total. The Balaban J connectivity index is 1.40. The summed E-state index contributed by atoms with van der Waals surface area (Å²) >= 11 is 0. The van der Waals surface area contributed by atoms with E-state index >= 15 is 0 Å². The number of ether oxygens (including phenoxy) is 3. The van der Waals surface area contributed by atoms with E-state index in [1.165, 1.54) is 30.9 Å². The van der Waals surface area contributed by atoms with Crippen molar-refractivity contribution < 1.29 is 18.6 Å². The standard InChI is InChI=1S/C29H39FN2O3/c1-33-27(21-8-5-9-21)32-16-13-25(31-28(34-2)29(35-3)14-15-29)26(32)18-20-7-4-10-22(17-20)23-11-6-12-24(30)19-23/h4,6-7,10-12,17,19,21,25-28,31H,5,8-9,13-16,18H2,1-3H3. The number of likely N-dealkylation sites (tertiary alicyclic amines) is 1. The van der Waals surface area contributed by atoms with Gasteiger partial charge in [0, 0.05) is 40.0 Å². The van der Waals surface area contributed by atoms with Crippen molar-refractivity contribution in [2.75, 3.05) is 27.9 Å². The molecule has 0 aromatic heterocycles. The summed E-state index contributed by atoms with van der Waals surface area (Å²) in [6.45, 7) is 0.997. The third-order valence-corrected chi connectivity index (χ3v) is 8.47. The van der Waals surface area contributed by atoms with Crippen LogP contribution in [0.3, 0.4) is 0 Å². The van der Waals surface area contributed by atoms with Gasteiger partial charge in [0.25, 0.3) is 0 Å². The molecule has 4 unspecified atom stereocenters. The maximum Gasteiger partial charge on any atom is 0.137 e. The third-order valence-electron chi connectivity index (χ3n) is 8.47. The van der Waals surface area contributed by atoms with Gasteiger partial charge in [0.15, 0.2) is 0 Å². The number of nitrogens with one attached hydrogen (secondary N) is 1. The summed E-state index contributed by atoms with van der Waals surface area (Å²) in [5.41, 5.74) is 2.99. The van der Waals surface area contributed by atoms with Crippen molar-refractivity contribution in [3.8, 4) is 11.1 Å². The molecule has 35 heavy (non-hydrogen) atoms. The predicted molar refractivity (Wildman–Crippen MR) is 135 cm³/mol. The van der Waals surface area contributed by atoms with Crippen LogP contribution in [-0.4, -0.2) is 62.9 Å². The van der Waals surface area contributed by atoms with Gasteiger partial charge in [-0.1, -0.05) is 42.8 Å². The second kappa shape index (κ2) is 10.7. The molecule has 3 fully saturated rings. The van der Waals surface area contributed by atoms with Gasteiger partial charge in [0.2, 0.25) is 0 Å². The molecule has 0 amide bonds. The maximum absolute atomic E-state index is 13.9. The Hall–Kier alpha value is -1.83. The minimum atomic E-state index is -0.210. The van der Waals surface area contributed by atoms with Crippen LogP contribution in [0, 0.1) is 11.7 Å². The summed E-state index contributed by atoms with van der Waals surface area (Å²) in [6.07, 6.45) is 7.77. The Morgan fingerprint density at radius 3 is 2.34 bits per heavy atom. The molecular weight excluding hydrogens is 443 g/mol. The molecule has 6 heteroatoms. The lowest BCUT2D eigenvalue weighted by Crippen LogP contribution is -2.56. The van der Waals surface area contributed by atoms with Crippen molar-refractivity contribution in [1.29, 1.82) is 0 Å². The maximum atomic E-state index is 13.9. The molecule has 1 heterocycles. The summed E-state index contributed by atoms with van der Waals surface area (Å²) in [7, 11) is 5.41. The molecule has 1 saturated heterocycles. The van der Waals surface area contributed by atoms with Crippen LogP contribution in [0.15, 0.2) is 48.5 Å². The van der Waals surface area contributed by atoms with Crippen molar-refractivity contribution in [3.63, 3.8) is 0 Å². The number of hydrogen-bond donors (Lipinski definition) is 1. The fourth-order valence-corrected chi connectivity index (χ4v) is 6.08. The van der Waals surface area contributed by atoms with Crippen LogP contribution in [0.5, 0.6) is 0 Å². The number of rotatable bonds is 11. The Morgan fingerprint density at radius 2 is 1.74 bits per heavy atom. The smallest absolute Gasteiger partial charge is 0.137 e. The van der Waals surface area contributed by atoms with E-state index in [4.69, 9.17) is 14.2 Å². The average Bonchev–Trinajstić information content (AvgIpc) is 3.55. The van der Waals surface area contributed by atoms with E-state index in [0.29, 0.717) is 5.92 Å². The molecule has 0 bridgehead atoms. The van der Waals surface area contributed by atoms with E-state index in [9.17, 15) is 4.39 Å². The minimum absolute atomic E-state index is 0.122. The summed E-state index contributed by atoms with van der Waals surface area (Å²) in [4.78, 5) is 2.58. The van der Waals surface area contributed by atoms with Gasteiger partial charge in [-0.3, -0.25) is 10.2 Å². The Bertz CT molecular complexity index is 993. The molecule has 4 atom stereocenters. The fourth-order valence-electron chi connectivity index (χ4n) is 6.08. The van der Waals surface area contributed by atoms with E-state index in [0.717, 1.165) is 43.4 Å². The Morgan fingerprint density at radius 1 is 1.00 bits per heavy atom. The third kappa shape index (κ3) is 5.18. The molecule has 2 aromatic carbocycles. The molecule has 3 aliphatic rings. The van der Waals surface area contributed by atoms with Crippen LogP contribution in [0.4, 0.5) is 4.39 Å². The molecule has 1 aliphatic heterocycles. The van der Waals surface area contributed by atoms with E-state index in [-0.39, 0.29) is 36.0 Å². The summed E-state index contributed by atoms with van der Waals surface area (Å²) in [6, 6.07) is 15.9. The highest BCUT2D eigenvalue weighted by Crippen LogP contribution is 2.43. The summed E-state index contributed by atoms with van der Waals surface area (Å²) in [5.74, 6) is 0.396. The molecule has 5 rings (SSSR count). The first-order valence-corrected chi connectivity index (χ1v) is 13.0. The average molecular weight is 483 g/mol. The highest BCUT2D eigenvalue weighted by molar-refractivity contribution is 5.64. The Kier molecular flexibility index (Phi) is 7.56. The lowest BCUT2D eigenvalue weighted by Gasteiger charge is -2.42. The molecule has 2 saturated carbocycles. The molecule has 2 aromatic rings. The molecular formula is C29H39FN2O3. The van der Waals surface area contributed by atoms with Crippen molar-refractivity contribution in [2.24, 2.45) is 5.92 Å². The number of benzene rings is 2. The SMILES string of the molecule is COC(C1CCC1)N1CCC(NC(OC)C2(OC)CC2)C1Cc1cccc(-c2cccc(F)c2)c1. The van der Waals surface area contributed by atoms with Crippen molar-refractivity contribution in [1.82, 2.24) is 10.2 Å². The fraction of sp³-hybridized carbons (Fsp3) is 0.586. The highest BCUT2D eigenvalue weighted by atomic mass is 19.1. The number of nitrogens with zero attached hydrogens (tertiary/aromatic N) is 1. The molecule has 0 radical (unpaired) electrons. The van der Waals surface area contributed by atoms with E-state index < -0.39 is 0 Å².